The van der Waals surface area contributed by atoms with Crippen molar-refractivity contribution in [2.24, 2.45) is 7.05 Å². The molecule has 3 N–H and O–H groups in total. The SMILES string of the molecule is Cl.Cl.Cn1cc(N)c(NC2CCCCC2)n1. The van der Waals surface area contributed by atoms with Crippen molar-refractivity contribution < 1.29 is 0 Å². The maximum Gasteiger partial charge on any atom is 0.171 e. The van der Waals surface area contributed by atoms with Crippen LogP contribution >= 0.6 is 24.8 Å². The average Bonchev–Trinajstić information content (AvgIpc) is 2.47. The molecule has 0 aromatic carbocycles. The van der Waals surface area contributed by atoms with Gasteiger partial charge in [-0.05, 0) is 12.8 Å². The van der Waals surface area contributed by atoms with Crippen LogP contribution in [0.15, 0.2) is 6.20 Å². The number of anilines is 2. The van der Waals surface area contributed by atoms with E-state index in [4.69, 9.17) is 5.73 Å². The first-order valence-corrected chi connectivity index (χ1v) is 5.31. The van der Waals surface area contributed by atoms with Crippen molar-refractivity contribution in [3.63, 3.8) is 0 Å². The third-order valence-corrected chi connectivity index (χ3v) is 2.80. The molecule has 1 aliphatic carbocycles. The molecule has 0 aliphatic heterocycles. The van der Waals surface area contributed by atoms with Crippen LogP contribution in [0, 0.1) is 0 Å². The van der Waals surface area contributed by atoms with Crippen molar-refractivity contribution in [3.05, 3.63) is 6.20 Å². The van der Waals surface area contributed by atoms with Gasteiger partial charge >= 0.3 is 0 Å². The predicted octanol–water partition coefficient (Wildman–Crippen LogP) is 2.59. The molecule has 2 rings (SSSR count). The zero-order valence-electron chi connectivity index (χ0n) is 9.48. The average molecular weight is 267 g/mol. The Kier molecular flexibility index (Phi) is 6.60. The van der Waals surface area contributed by atoms with Crippen molar-refractivity contribution >= 4 is 36.3 Å². The van der Waals surface area contributed by atoms with E-state index in [1.807, 2.05) is 13.2 Å². The Labute approximate surface area is 109 Å². The number of rotatable bonds is 2. The lowest BCUT2D eigenvalue weighted by atomic mass is 9.95. The fourth-order valence-corrected chi connectivity index (χ4v) is 2.06. The van der Waals surface area contributed by atoms with Crippen LogP contribution in [0.4, 0.5) is 11.5 Å². The lowest BCUT2D eigenvalue weighted by molar-refractivity contribution is 0.461. The lowest BCUT2D eigenvalue weighted by Gasteiger charge is -2.22. The predicted molar refractivity (Wildman–Crippen MR) is 72.6 cm³/mol. The van der Waals surface area contributed by atoms with Gasteiger partial charge in [0, 0.05) is 19.3 Å². The number of nitrogens with one attached hydrogen (secondary N) is 1. The highest BCUT2D eigenvalue weighted by molar-refractivity contribution is 5.85. The number of nitrogen functional groups attached to an aromatic ring is 1. The highest BCUT2D eigenvalue weighted by Gasteiger charge is 2.15. The molecular weight excluding hydrogens is 247 g/mol. The standard InChI is InChI=1S/C10H18N4.2ClH/c1-14-7-9(11)10(13-14)12-8-5-3-2-4-6-8;;/h7-8H,2-6,11H2,1H3,(H,12,13);2*1H. The van der Waals surface area contributed by atoms with Gasteiger partial charge < -0.3 is 11.1 Å². The maximum atomic E-state index is 5.81. The van der Waals surface area contributed by atoms with Gasteiger partial charge in [0.05, 0.1) is 5.69 Å². The van der Waals surface area contributed by atoms with Gasteiger partial charge in [-0.2, -0.15) is 5.10 Å². The van der Waals surface area contributed by atoms with Crippen molar-refractivity contribution in [3.8, 4) is 0 Å². The molecule has 6 heteroatoms. The van der Waals surface area contributed by atoms with Gasteiger partial charge in [0.1, 0.15) is 0 Å². The number of hydrogen-bond donors (Lipinski definition) is 2. The van der Waals surface area contributed by atoms with Gasteiger partial charge in [0.15, 0.2) is 5.82 Å². The van der Waals surface area contributed by atoms with E-state index in [1.165, 1.54) is 32.1 Å². The largest absolute Gasteiger partial charge is 0.394 e. The van der Waals surface area contributed by atoms with Crippen LogP contribution in [0.25, 0.3) is 0 Å². The number of halogens is 2. The van der Waals surface area contributed by atoms with Gasteiger partial charge in [-0.3, -0.25) is 4.68 Å². The quantitative estimate of drug-likeness (QED) is 0.866. The molecule has 0 saturated heterocycles. The number of aryl methyl sites for hydroxylation is 1. The molecule has 4 nitrogen and oxygen atoms in total. The summed E-state index contributed by atoms with van der Waals surface area (Å²) in [5, 5.41) is 7.70. The number of hydrogen-bond acceptors (Lipinski definition) is 3. The molecule has 0 unspecified atom stereocenters. The molecule has 94 valence electrons. The third kappa shape index (κ3) is 3.76. The Hall–Kier alpha value is -0.610. The molecule has 1 aliphatic rings. The van der Waals surface area contributed by atoms with Crippen LogP contribution in [-0.2, 0) is 7.05 Å². The van der Waals surface area contributed by atoms with Crippen molar-refractivity contribution in [2.75, 3.05) is 11.1 Å². The van der Waals surface area contributed by atoms with Crippen LogP contribution < -0.4 is 11.1 Å². The van der Waals surface area contributed by atoms with E-state index in [2.05, 4.69) is 10.4 Å². The summed E-state index contributed by atoms with van der Waals surface area (Å²) in [7, 11) is 1.89. The molecule has 1 saturated carbocycles. The molecule has 0 atom stereocenters. The second kappa shape index (κ2) is 6.86. The van der Waals surface area contributed by atoms with E-state index >= 15 is 0 Å². The van der Waals surface area contributed by atoms with Gasteiger partial charge in [-0.15, -0.1) is 24.8 Å². The Balaban J connectivity index is 0.00000112. The first-order chi connectivity index (χ1) is 6.75. The van der Waals surface area contributed by atoms with Crippen LogP contribution in [0.5, 0.6) is 0 Å². The Morgan fingerprint density at radius 2 is 1.94 bits per heavy atom. The zero-order valence-corrected chi connectivity index (χ0v) is 11.1. The number of nitrogens with two attached hydrogens (primary N) is 1. The molecule has 1 fully saturated rings. The van der Waals surface area contributed by atoms with E-state index in [-0.39, 0.29) is 24.8 Å². The molecule has 1 aromatic rings. The second-order valence-electron chi connectivity index (χ2n) is 4.09. The summed E-state index contributed by atoms with van der Waals surface area (Å²) in [6, 6.07) is 0.570. The van der Waals surface area contributed by atoms with Crippen LogP contribution in [0.2, 0.25) is 0 Å². The van der Waals surface area contributed by atoms with Gasteiger partial charge in [0.2, 0.25) is 0 Å². The minimum Gasteiger partial charge on any atom is -0.394 e. The Bertz CT molecular complexity index is 308. The van der Waals surface area contributed by atoms with Crippen LogP contribution in [0.1, 0.15) is 32.1 Å². The van der Waals surface area contributed by atoms with E-state index < -0.39 is 0 Å². The second-order valence-corrected chi connectivity index (χ2v) is 4.09. The molecule has 1 heterocycles. The summed E-state index contributed by atoms with van der Waals surface area (Å²) in [6.07, 6.45) is 8.35. The van der Waals surface area contributed by atoms with Crippen molar-refractivity contribution in [1.82, 2.24) is 9.78 Å². The van der Waals surface area contributed by atoms with E-state index in [9.17, 15) is 0 Å². The molecule has 16 heavy (non-hydrogen) atoms. The fraction of sp³-hybridized carbons (Fsp3) is 0.700. The minimum absolute atomic E-state index is 0. The summed E-state index contributed by atoms with van der Waals surface area (Å²) >= 11 is 0. The lowest BCUT2D eigenvalue weighted by Crippen LogP contribution is -2.23. The molecule has 0 radical (unpaired) electrons. The van der Waals surface area contributed by atoms with E-state index in [0.717, 1.165) is 11.5 Å². The molecule has 1 aromatic heterocycles. The van der Waals surface area contributed by atoms with Gasteiger partial charge in [-0.25, -0.2) is 0 Å². The monoisotopic (exact) mass is 266 g/mol. The summed E-state index contributed by atoms with van der Waals surface area (Å²) < 4.78 is 1.75. The molecule has 0 amide bonds. The highest BCUT2D eigenvalue weighted by Crippen LogP contribution is 2.23. The first-order valence-electron chi connectivity index (χ1n) is 5.31. The van der Waals surface area contributed by atoms with Crippen molar-refractivity contribution in [1.29, 1.82) is 0 Å². The smallest absolute Gasteiger partial charge is 0.171 e. The van der Waals surface area contributed by atoms with E-state index in [0.29, 0.717) is 6.04 Å². The van der Waals surface area contributed by atoms with Gasteiger partial charge in [0.25, 0.3) is 0 Å². The molecular formula is C10H20Cl2N4. The summed E-state index contributed by atoms with van der Waals surface area (Å²) in [5.41, 5.74) is 6.56. The van der Waals surface area contributed by atoms with Crippen LogP contribution in [0.3, 0.4) is 0 Å². The normalized spacial score (nSPS) is 16.1. The topological polar surface area (TPSA) is 55.9 Å². The first kappa shape index (κ1) is 15.4. The zero-order chi connectivity index (χ0) is 9.97. The van der Waals surface area contributed by atoms with E-state index in [1.54, 1.807) is 4.68 Å². The number of aromatic nitrogens is 2. The van der Waals surface area contributed by atoms with Crippen LogP contribution in [-0.4, -0.2) is 15.8 Å². The van der Waals surface area contributed by atoms with Gasteiger partial charge in [-0.1, -0.05) is 19.3 Å². The number of nitrogens with zero attached hydrogens (tertiary/aromatic N) is 2. The maximum absolute atomic E-state index is 5.81. The molecule has 0 bridgehead atoms. The summed E-state index contributed by atoms with van der Waals surface area (Å²) in [4.78, 5) is 0. The summed E-state index contributed by atoms with van der Waals surface area (Å²) in [5.74, 6) is 0.847. The fourth-order valence-electron chi connectivity index (χ4n) is 2.06. The van der Waals surface area contributed by atoms with Crippen molar-refractivity contribution in [2.45, 2.75) is 38.1 Å². The summed E-state index contributed by atoms with van der Waals surface area (Å²) in [6.45, 7) is 0. The third-order valence-electron chi connectivity index (χ3n) is 2.80. The Morgan fingerprint density at radius 3 is 2.44 bits per heavy atom. The molecule has 0 spiro atoms. The highest BCUT2D eigenvalue weighted by atomic mass is 35.5. The Morgan fingerprint density at radius 1 is 1.31 bits per heavy atom. The minimum atomic E-state index is 0.